The Morgan fingerprint density at radius 2 is 1.44 bits per heavy atom. The predicted octanol–water partition coefficient (Wildman–Crippen LogP) is 8.89. The predicted molar refractivity (Wildman–Crippen MR) is 181 cm³/mol. The average Bonchev–Trinajstić information content (AvgIpc) is 3.71. The monoisotopic (exact) mass is 603 g/mol. The first-order valence-corrected chi connectivity index (χ1v) is 16.4. The number of aromatic nitrogens is 4. The van der Waals surface area contributed by atoms with Crippen LogP contribution in [0, 0.1) is 6.92 Å². The summed E-state index contributed by atoms with van der Waals surface area (Å²) in [7, 11) is 0. The molecule has 6 aromatic rings. The SMILES string of the molecule is CCCNc1ncc(-c2ncncc2-c2cccc(-[n+]3cc(-c4ccccc4-c4ccccc4)sc3NCCC)c2C)s1. The van der Waals surface area contributed by atoms with E-state index < -0.39 is 0 Å². The summed E-state index contributed by atoms with van der Waals surface area (Å²) in [4.78, 5) is 16.0. The van der Waals surface area contributed by atoms with Crippen molar-refractivity contribution in [2.45, 2.75) is 33.6 Å². The van der Waals surface area contributed by atoms with Gasteiger partial charge in [0.1, 0.15) is 18.2 Å². The molecule has 0 fully saturated rings. The standard InChI is InChI=1S/C35H34N6S2/c1-4-18-37-34-39-21-31(42-34)33-29(20-36-23-40-33)26-16-11-17-30(24(26)3)41-22-32(43-35(41)38-19-5-2)28-15-10-9-14-27(28)25-12-7-6-8-13-25/h6-17,20-23H,4-5,18-19H2,1-3H3,(H,36,37,39,40)/p+1. The van der Waals surface area contributed by atoms with E-state index in [0.717, 1.165) is 69.1 Å². The fraction of sp³-hybridized carbons (Fsp3) is 0.200. The fourth-order valence-corrected chi connectivity index (χ4v) is 7.11. The van der Waals surface area contributed by atoms with Crippen LogP contribution in [-0.4, -0.2) is 28.0 Å². The van der Waals surface area contributed by atoms with Crippen LogP contribution in [0.25, 0.3) is 49.0 Å². The van der Waals surface area contributed by atoms with E-state index in [4.69, 9.17) is 4.98 Å². The van der Waals surface area contributed by atoms with Crippen LogP contribution < -0.4 is 15.2 Å². The summed E-state index contributed by atoms with van der Waals surface area (Å²) in [5, 5.41) is 9.11. The molecule has 0 unspecified atom stereocenters. The van der Waals surface area contributed by atoms with Gasteiger partial charge in [0.25, 0.3) is 0 Å². The van der Waals surface area contributed by atoms with E-state index >= 15 is 0 Å². The molecule has 216 valence electrons. The molecular formula is C35H35N6S2+. The molecule has 3 aromatic heterocycles. The molecule has 0 bridgehead atoms. The van der Waals surface area contributed by atoms with Gasteiger partial charge in [-0.15, -0.1) is 0 Å². The van der Waals surface area contributed by atoms with Crippen molar-refractivity contribution in [2.24, 2.45) is 0 Å². The van der Waals surface area contributed by atoms with E-state index in [2.05, 4.69) is 125 Å². The smallest absolute Gasteiger partial charge is 0.339 e. The van der Waals surface area contributed by atoms with Crippen LogP contribution in [0.4, 0.5) is 10.3 Å². The van der Waals surface area contributed by atoms with E-state index in [1.807, 2.05) is 12.4 Å². The molecule has 3 aromatic carbocycles. The Kier molecular flexibility index (Phi) is 8.86. The Labute approximate surface area is 261 Å². The Bertz CT molecular complexity index is 1830. The minimum Gasteiger partial charge on any atom is -0.362 e. The Hall–Kier alpha value is -4.40. The first-order chi connectivity index (χ1) is 21.2. The van der Waals surface area contributed by atoms with Crippen LogP contribution in [0.1, 0.15) is 32.3 Å². The lowest BCUT2D eigenvalue weighted by molar-refractivity contribution is -0.575. The second kappa shape index (κ2) is 13.3. The van der Waals surface area contributed by atoms with Gasteiger partial charge in [-0.2, -0.15) is 4.57 Å². The van der Waals surface area contributed by atoms with Gasteiger partial charge in [-0.1, -0.05) is 91.9 Å². The maximum absolute atomic E-state index is 4.72. The molecule has 6 rings (SSSR count). The third-order valence-corrected chi connectivity index (χ3v) is 9.35. The molecule has 0 aliphatic carbocycles. The van der Waals surface area contributed by atoms with Crippen LogP contribution in [0.3, 0.4) is 0 Å². The summed E-state index contributed by atoms with van der Waals surface area (Å²) < 4.78 is 2.30. The van der Waals surface area contributed by atoms with Crippen molar-refractivity contribution in [1.29, 1.82) is 0 Å². The van der Waals surface area contributed by atoms with Crippen LogP contribution >= 0.6 is 22.7 Å². The zero-order valence-electron chi connectivity index (χ0n) is 24.7. The highest BCUT2D eigenvalue weighted by Gasteiger charge is 2.23. The quantitative estimate of drug-likeness (QED) is 0.145. The van der Waals surface area contributed by atoms with Gasteiger partial charge in [-0.3, -0.25) is 5.32 Å². The van der Waals surface area contributed by atoms with Crippen LogP contribution in [0.5, 0.6) is 0 Å². The maximum atomic E-state index is 4.72. The van der Waals surface area contributed by atoms with E-state index in [-0.39, 0.29) is 0 Å². The molecule has 8 heteroatoms. The molecule has 6 nitrogen and oxygen atoms in total. The van der Waals surface area contributed by atoms with Gasteiger partial charge >= 0.3 is 5.13 Å². The van der Waals surface area contributed by atoms with Crippen LogP contribution in [-0.2, 0) is 0 Å². The number of hydrogen-bond acceptors (Lipinski definition) is 7. The number of anilines is 2. The molecule has 0 radical (unpaired) electrons. The average molecular weight is 604 g/mol. The highest BCUT2D eigenvalue weighted by atomic mass is 32.1. The first kappa shape index (κ1) is 28.7. The van der Waals surface area contributed by atoms with Crippen LogP contribution in [0.15, 0.2) is 97.7 Å². The highest BCUT2D eigenvalue weighted by Crippen LogP contribution is 2.39. The van der Waals surface area contributed by atoms with E-state index in [0.29, 0.717) is 0 Å². The normalized spacial score (nSPS) is 11.0. The van der Waals surface area contributed by atoms with Crippen molar-refractivity contribution < 1.29 is 4.57 Å². The molecule has 0 saturated carbocycles. The fourth-order valence-electron chi connectivity index (χ4n) is 5.18. The molecule has 0 spiro atoms. The highest BCUT2D eigenvalue weighted by molar-refractivity contribution is 7.19. The van der Waals surface area contributed by atoms with Crippen molar-refractivity contribution >= 4 is 32.9 Å². The van der Waals surface area contributed by atoms with E-state index in [9.17, 15) is 0 Å². The summed E-state index contributed by atoms with van der Waals surface area (Å²) in [6, 6.07) is 25.8. The largest absolute Gasteiger partial charge is 0.362 e. The number of nitrogens with one attached hydrogen (secondary N) is 2. The van der Waals surface area contributed by atoms with Gasteiger partial charge in [-0.05, 0) is 53.9 Å². The first-order valence-electron chi connectivity index (χ1n) is 14.7. The lowest BCUT2D eigenvalue weighted by Gasteiger charge is -2.12. The molecule has 43 heavy (non-hydrogen) atoms. The van der Waals surface area contributed by atoms with Crippen molar-refractivity contribution in [2.75, 3.05) is 23.7 Å². The second-order valence-corrected chi connectivity index (χ2v) is 12.4. The van der Waals surface area contributed by atoms with Gasteiger partial charge in [0, 0.05) is 35.6 Å². The number of benzene rings is 3. The van der Waals surface area contributed by atoms with Gasteiger partial charge < -0.3 is 5.32 Å². The lowest BCUT2D eigenvalue weighted by Crippen LogP contribution is -2.32. The lowest BCUT2D eigenvalue weighted by atomic mass is 9.98. The summed E-state index contributed by atoms with van der Waals surface area (Å²) >= 11 is 3.42. The van der Waals surface area contributed by atoms with E-state index in [1.165, 1.54) is 21.6 Å². The molecule has 3 heterocycles. The Balaban J connectivity index is 1.44. The molecule has 0 amide bonds. The molecule has 0 saturated heterocycles. The Morgan fingerprint density at radius 3 is 2.26 bits per heavy atom. The summed E-state index contributed by atoms with van der Waals surface area (Å²) in [6.45, 7) is 8.33. The van der Waals surface area contributed by atoms with Crippen molar-refractivity contribution in [3.63, 3.8) is 0 Å². The third-order valence-electron chi connectivity index (χ3n) is 7.31. The molecule has 0 aliphatic heterocycles. The Morgan fingerprint density at radius 1 is 0.698 bits per heavy atom. The maximum Gasteiger partial charge on any atom is 0.339 e. The third kappa shape index (κ3) is 6.07. The van der Waals surface area contributed by atoms with Gasteiger partial charge in [-0.25, -0.2) is 15.0 Å². The van der Waals surface area contributed by atoms with Gasteiger partial charge in [0.2, 0.25) is 0 Å². The second-order valence-electron chi connectivity index (χ2n) is 10.3. The van der Waals surface area contributed by atoms with E-state index in [1.54, 1.807) is 29.0 Å². The zero-order chi connectivity index (χ0) is 29.6. The molecular weight excluding hydrogens is 569 g/mol. The zero-order valence-corrected chi connectivity index (χ0v) is 26.3. The number of rotatable bonds is 11. The molecule has 2 N–H and O–H groups in total. The van der Waals surface area contributed by atoms with Gasteiger partial charge in [0.05, 0.1) is 22.0 Å². The molecule has 0 atom stereocenters. The number of thiazole rings is 2. The number of hydrogen-bond donors (Lipinski definition) is 2. The minimum absolute atomic E-state index is 0.898. The van der Waals surface area contributed by atoms with Crippen LogP contribution in [0.2, 0.25) is 0 Å². The van der Waals surface area contributed by atoms with Crippen molar-refractivity contribution in [3.05, 3.63) is 103 Å². The van der Waals surface area contributed by atoms with Gasteiger partial charge in [0.15, 0.2) is 5.13 Å². The topological polar surface area (TPSA) is 66.6 Å². The summed E-state index contributed by atoms with van der Waals surface area (Å²) in [6.07, 6.45) is 9.81. The summed E-state index contributed by atoms with van der Waals surface area (Å²) in [5.74, 6) is 0. The molecule has 0 aliphatic rings. The van der Waals surface area contributed by atoms with Crippen molar-refractivity contribution in [1.82, 2.24) is 15.0 Å². The number of nitrogens with zero attached hydrogens (tertiary/aromatic N) is 4. The minimum atomic E-state index is 0.898. The van der Waals surface area contributed by atoms with Crippen molar-refractivity contribution in [3.8, 4) is 49.0 Å². The summed E-state index contributed by atoms with van der Waals surface area (Å²) in [5.41, 5.74) is 8.96.